The first kappa shape index (κ1) is 13.5. The number of carbonyl (C=O) groups excluding carboxylic acids is 1. The zero-order valence-corrected chi connectivity index (χ0v) is 11.5. The van der Waals surface area contributed by atoms with Crippen molar-refractivity contribution >= 4 is 17.7 Å². The van der Waals surface area contributed by atoms with E-state index < -0.39 is 11.4 Å². The summed E-state index contributed by atoms with van der Waals surface area (Å²) in [4.78, 5) is 31.5. The largest absolute Gasteiger partial charge is 0.481 e. The molecule has 110 valence electrons. The van der Waals surface area contributed by atoms with E-state index in [1.165, 1.54) is 17.0 Å². The monoisotopic (exact) mass is 289 g/mol. The predicted molar refractivity (Wildman–Crippen MR) is 71.8 cm³/mol. The summed E-state index contributed by atoms with van der Waals surface area (Å²) in [7, 11) is 0. The highest BCUT2D eigenvalue weighted by molar-refractivity contribution is 5.95. The van der Waals surface area contributed by atoms with Crippen LogP contribution in [0.3, 0.4) is 0 Å². The maximum Gasteiger partial charge on any atom is 0.311 e. The highest BCUT2D eigenvalue weighted by atomic mass is 16.4. The van der Waals surface area contributed by atoms with Crippen molar-refractivity contribution in [2.24, 2.45) is 5.41 Å². The van der Waals surface area contributed by atoms with Crippen LogP contribution in [-0.4, -0.2) is 43.1 Å². The van der Waals surface area contributed by atoms with Crippen LogP contribution in [0.4, 0.5) is 0 Å². The number of carboxylic acids is 1. The molecule has 1 saturated carbocycles. The Morgan fingerprint density at radius 3 is 2.81 bits per heavy atom. The molecule has 0 bridgehead atoms. The number of fused-ring (bicyclic) bond motifs is 1. The molecule has 8 heteroatoms. The summed E-state index contributed by atoms with van der Waals surface area (Å²) < 4.78 is 1.48. The fourth-order valence-corrected chi connectivity index (χ4v) is 2.53. The number of nitrogens with zero attached hydrogens (tertiary/aromatic N) is 4. The molecule has 0 aromatic carbocycles. The van der Waals surface area contributed by atoms with Crippen molar-refractivity contribution in [1.82, 2.24) is 24.9 Å². The van der Waals surface area contributed by atoms with Crippen molar-refractivity contribution in [3.05, 3.63) is 23.8 Å². The number of nitrogens with one attached hydrogen (secondary N) is 1. The van der Waals surface area contributed by atoms with Gasteiger partial charge in [0, 0.05) is 12.7 Å². The maximum absolute atomic E-state index is 12.2. The number of rotatable bonds is 4. The van der Waals surface area contributed by atoms with Gasteiger partial charge in [-0.05, 0) is 19.8 Å². The Balaban J connectivity index is 1.78. The van der Waals surface area contributed by atoms with Crippen LogP contribution in [0.2, 0.25) is 0 Å². The normalized spacial score (nSPS) is 16.4. The second-order valence-corrected chi connectivity index (χ2v) is 5.35. The first-order valence-electron chi connectivity index (χ1n) is 6.70. The molecule has 1 aliphatic carbocycles. The Bertz CT molecular complexity index is 720. The van der Waals surface area contributed by atoms with Crippen molar-refractivity contribution in [3.8, 4) is 0 Å². The lowest BCUT2D eigenvalue weighted by Gasteiger charge is -2.37. The van der Waals surface area contributed by atoms with E-state index in [1.807, 2.05) is 0 Å². The van der Waals surface area contributed by atoms with Crippen LogP contribution in [0.15, 0.2) is 12.5 Å². The number of hydrogen-bond donors (Lipinski definition) is 2. The van der Waals surface area contributed by atoms with E-state index in [2.05, 4.69) is 20.4 Å². The van der Waals surface area contributed by atoms with Crippen LogP contribution in [0.1, 0.15) is 35.3 Å². The molecular formula is C13H15N5O3. The van der Waals surface area contributed by atoms with Crippen molar-refractivity contribution < 1.29 is 14.7 Å². The fraction of sp³-hybridized carbons (Fsp3) is 0.462. The van der Waals surface area contributed by atoms with Crippen LogP contribution in [0, 0.1) is 12.3 Å². The molecule has 3 rings (SSSR count). The zero-order chi connectivity index (χ0) is 15.0. The Morgan fingerprint density at radius 2 is 2.19 bits per heavy atom. The summed E-state index contributed by atoms with van der Waals surface area (Å²) in [5.74, 6) is -0.773. The molecule has 8 nitrogen and oxygen atoms in total. The SMILES string of the molecule is Cc1c(C(=O)NCC2(C(=O)O)CCC2)cnc2ncnn12. The van der Waals surface area contributed by atoms with Gasteiger partial charge >= 0.3 is 5.97 Å². The third kappa shape index (κ3) is 2.12. The molecule has 0 saturated heterocycles. The van der Waals surface area contributed by atoms with E-state index in [9.17, 15) is 14.7 Å². The summed E-state index contributed by atoms with van der Waals surface area (Å²) in [6.45, 7) is 1.88. The van der Waals surface area contributed by atoms with Gasteiger partial charge in [-0.15, -0.1) is 0 Å². The minimum atomic E-state index is -0.851. The van der Waals surface area contributed by atoms with E-state index in [0.29, 0.717) is 29.9 Å². The van der Waals surface area contributed by atoms with E-state index >= 15 is 0 Å². The molecule has 21 heavy (non-hydrogen) atoms. The average molecular weight is 289 g/mol. The van der Waals surface area contributed by atoms with Gasteiger partial charge in [-0.25, -0.2) is 9.50 Å². The van der Waals surface area contributed by atoms with Crippen LogP contribution in [-0.2, 0) is 4.79 Å². The van der Waals surface area contributed by atoms with Crippen LogP contribution in [0.5, 0.6) is 0 Å². The molecule has 0 aliphatic heterocycles. The van der Waals surface area contributed by atoms with Gasteiger partial charge in [-0.3, -0.25) is 9.59 Å². The Hall–Kier alpha value is -2.51. The van der Waals surface area contributed by atoms with Gasteiger partial charge in [-0.2, -0.15) is 10.1 Å². The Kier molecular flexibility index (Phi) is 3.08. The number of hydrogen-bond acceptors (Lipinski definition) is 5. The van der Waals surface area contributed by atoms with E-state index in [4.69, 9.17) is 0 Å². The van der Waals surface area contributed by atoms with Gasteiger partial charge in [0.1, 0.15) is 6.33 Å². The Labute approximate surface area is 120 Å². The first-order valence-corrected chi connectivity index (χ1v) is 6.70. The topological polar surface area (TPSA) is 109 Å². The molecule has 2 aromatic rings. The number of amides is 1. The molecule has 2 heterocycles. The van der Waals surface area contributed by atoms with Crippen LogP contribution < -0.4 is 5.32 Å². The van der Waals surface area contributed by atoms with Gasteiger partial charge in [0.25, 0.3) is 11.7 Å². The highest BCUT2D eigenvalue weighted by Crippen LogP contribution is 2.40. The summed E-state index contributed by atoms with van der Waals surface area (Å²) in [5, 5.41) is 15.9. The third-order valence-corrected chi connectivity index (χ3v) is 4.14. The number of aromatic nitrogens is 4. The molecule has 1 amide bonds. The van der Waals surface area contributed by atoms with Crippen molar-refractivity contribution in [1.29, 1.82) is 0 Å². The number of aryl methyl sites for hydroxylation is 1. The Morgan fingerprint density at radius 1 is 1.43 bits per heavy atom. The zero-order valence-electron chi connectivity index (χ0n) is 11.5. The van der Waals surface area contributed by atoms with Crippen molar-refractivity contribution in [3.63, 3.8) is 0 Å². The number of carbonyl (C=O) groups is 2. The molecule has 2 N–H and O–H groups in total. The minimum Gasteiger partial charge on any atom is -0.481 e. The molecule has 0 unspecified atom stereocenters. The second-order valence-electron chi connectivity index (χ2n) is 5.35. The van der Waals surface area contributed by atoms with Crippen molar-refractivity contribution in [2.45, 2.75) is 26.2 Å². The summed E-state index contributed by atoms with van der Waals surface area (Å²) >= 11 is 0. The lowest BCUT2D eigenvalue weighted by molar-refractivity contribution is -0.153. The number of aliphatic carboxylic acids is 1. The van der Waals surface area contributed by atoms with E-state index in [-0.39, 0.29) is 12.5 Å². The average Bonchev–Trinajstić information content (AvgIpc) is 2.86. The highest BCUT2D eigenvalue weighted by Gasteiger charge is 2.44. The molecular weight excluding hydrogens is 274 g/mol. The van der Waals surface area contributed by atoms with Gasteiger partial charge < -0.3 is 10.4 Å². The van der Waals surface area contributed by atoms with Gasteiger partial charge in [0.2, 0.25) is 0 Å². The van der Waals surface area contributed by atoms with Gasteiger partial charge in [-0.1, -0.05) is 6.42 Å². The molecule has 1 fully saturated rings. The first-order chi connectivity index (χ1) is 10.0. The molecule has 0 radical (unpaired) electrons. The second kappa shape index (κ2) is 4.80. The standard InChI is InChI=1S/C13H15N5O3/c1-8-9(5-14-12-16-7-17-18(8)12)10(19)15-6-13(11(20)21)3-2-4-13/h5,7H,2-4,6H2,1H3,(H,15,19)(H,20,21). The summed E-state index contributed by atoms with van der Waals surface area (Å²) in [6, 6.07) is 0. The van der Waals surface area contributed by atoms with Crippen LogP contribution in [0.25, 0.3) is 5.78 Å². The molecule has 1 aliphatic rings. The summed E-state index contributed by atoms with van der Waals surface area (Å²) in [6.07, 6.45) is 4.88. The minimum absolute atomic E-state index is 0.135. The fourth-order valence-electron chi connectivity index (χ4n) is 2.53. The van der Waals surface area contributed by atoms with Crippen LogP contribution >= 0.6 is 0 Å². The maximum atomic E-state index is 12.2. The summed E-state index contributed by atoms with van der Waals surface area (Å²) in [5.41, 5.74) is 0.176. The molecule has 0 atom stereocenters. The third-order valence-electron chi connectivity index (χ3n) is 4.14. The molecule has 2 aromatic heterocycles. The van der Waals surface area contributed by atoms with Gasteiger partial charge in [0.05, 0.1) is 16.7 Å². The smallest absolute Gasteiger partial charge is 0.311 e. The van der Waals surface area contributed by atoms with Gasteiger partial charge in [0.15, 0.2) is 0 Å². The van der Waals surface area contributed by atoms with Crippen molar-refractivity contribution in [2.75, 3.05) is 6.54 Å². The van der Waals surface area contributed by atoms with E-state index in [1.54, 1.807) is 6.92 Å². The lowest BCUT2D eigenvalue weighted by atomic mass is 9.69. The molecule has 0 spiro atoms. The predicted octanol–water partition coefficient (Wildman–Crippen LogP) is 0.417. The van der Waals surface area contributed by atoms with E-state index in [0.717, 1.165) is 6.42 Å². The number of carboxylic acid groups (broad SMARTS) is 1. The quantitative estimate of drug-likeness (QED) is 0.844. The lowest BCUT2D eigenvalue weighted by Crippen LogP contribution is -2.47.